The number of hydrogen-bond acceptors (Lipinski definition) is 16. The molecule has 0 aromatic rings. The van der Waals surface area contributed by atoms with E-state index in [-0.39, 0.29) is 24.5 Å². The number of nitrogens with two attached hydrogens (primary N) is 3. The van der Waals surface area contributed by atoms with Gasteiger partial charge in [0, 0.05) is 11.5 Å². The minimum atomic E-state index is -1.74. The van der Waals surface area contributed by atoms with Crippen LogP contribution in [0.15, 0.2) is 0 Å². The Bertz CT molecular complexity index is 1640. The quantitative estimate of drug-likeness (QED) is 0.0227. The first kappa shape index (κ1) is 58.8. The molecule has 17 N–H and O–H groups in total. The zero-order valence-electron chi connectivity index (χ0n) is 36.6. The molecule has 0 unspecified atom stereocenters. The monoisotopic (exact) mass is 950 g/mol. The molecule has 0 rings (SSSR count). The average Bonchev–Trinajstić information content (AvgIpc) is 3.24. The predicted molar refractivity (Wildman–Crippen MR) is 237 cm³/mol. The number of primary amides is 1. The molecule has 0 aromatic heterocycles. The highest BCUT2D eigenvalue weighted by Gasteiger charge is 2.33. The summed E-state index contributed by atoms with van der Waals surface area (Å²) in [6.45, 7) is 5.77. The number of aliphatic hydroxyl groups is 1. The number of carboxylic acids is 1. The van der Waals surface area contributed by atoms with Crippen LogP contribution in [0.3, 0.4) is 0 Å². The molecule has 0 saturated heterocycles. The highest BCUT2D eigenvalue weighted by Crippen LogP contribution is 2.10. The molecule has 0 heterocycles. The van der Waals surface area contributed by atoms with E-state index >= 15 is 0 Å². The van der Waals surface area contributed by atoms with Crippen molar-refractivity contribution >= 4 is 90.3 Å². The minimum absolute atomic E-state index is 0.00701. The van der Waals surface area contributed by atoms with Crippen molar-refractivity contribution in [1.82, 2.24) is 47.9 Å². The van der Waals surface area contributed by atoms with E-state index in [4.69, 9.17) is 17.2 Å². The number of rotatable bonds is 31. The molecule has 0 aliphatic heterocycles. The summed E-state index contributed by atoms with van der Waals surface area (Å²) in [6.07, 6.45) is 0.286. The molecule has 25 nitrogen and oxygen atoms in total. The highest BCUT2D eigenvalue weighted by molar-refractivity contribution is 7.80. The van der Waals surface area contributed by atoms with Gasteiger partial charge >= 0.3 is 5.97 Å². The van der Waals surface area contributed by atoms with Crippen molar-refractivity contribution in [2.75, 3.05) is 37.7 Å². The Kier molecular flexibility index (Phi) is 28.2. The summed E-state index contributed by atoms with van der Waals surface area (Å²) in [7, 11) is 0. The molecule has 0 spiro atoms. The largest absolute Gasteiger partial charge is 0.480 e. The van der Waals surface area contributed by atoms with Crippen LogP contribution >= 0.6 is 25.3 Å². The fourth-order valence-electron chi connectivity index (χ4n) is 5.39. The predicted octanol–water partition coefficient (Wildman–Crippen LogP) is -6.40. The minimum Gasteiger partial charge on any atom is -0.480 e. The average molecular weight is 951 g/mol. The van der Waals surface area contributed by atoms with E-state index in [0.29, 0.717) is 19.3 Å². The van der Waals surface area contributed by atoms with Gasteiger partial charge in [-0.05, 0) is 44.6 Å². The number of hydrogen-bond donors (Lipinski definition) is 16. The van der Waals surface area contributed by atoms with E-state index < -0.39 is 151 Å². The third-order valence-electron chi connectivity index (χ3n) is 9.44. The number of aliphatic hydroxyl groups excluding tert-OH is 1. The lowest BCUT2D eigenvalue weighted by Crippen LogP contribution is -2.59. The number of aliphatic carboxylic acids is 1. The summed E-state index contributed by atoms with van der Waals surface area (Å²) < 4.78 is 0. The Morgan fingerprint density at radius 2 is 1.12 bits per heavy atom. The first-order valence-electron chi connectivity index (χ1n) is 20.4. The van der Waals surface area contributed by atoms with Crippen molar-refractivity contribution in [2.24, 2.45) is 29.0 Å². The second-order valence-electron chi connectivity index (χ2n) is 15.1. The number of unbranched alkanes of at least 4 members (excludes halogenated alkanes) is 1. The fraction of sp³-hybridized carbons (Fsp3) is 0.703. The number of carbonyl (C=O) groups is 11. The maximum Gasteiger partial charge on any atom is 0.327 e. The standard InChI is InChI=1S/C37H66N12O13S2/c1-6-18(4)29(36(60)47-24(16-64)37(61)62)49-30(54)19(5)43-26(52)12-41-32(56)21(9-7-8-10-38)45-33(57)22(11-25(40)51)46-34(58)23(14-50)44-27(53)13-42-35(59)28(17(2)3)48-31(55)20(39)15-63/h17-24,28-29,50,63-64H,6-16,38-39H2,1-5H3,(H2,40,51)(H,41,56)(H,42,59)(H,43,52)(H,44,53)(H,45,57)(H,46,58)(H,47,60)(H,48,55)(H,49,54)(H,61,62)/t18-,19-,20-,21-,22-,23-,24-,28-,29-/m0/s1. The number of carbonyl (C=O) groups excluding carboxylic acids is 10. The van der Waals surface area contributed by atoms with Gasteiger partial charge < -0.3 is 75.3 Å². The maximum atomic E-state index is 13.4. The number of carboxylic acid groups (broad SMARTS) is 1. The van der Waals surface area contributed by atoms with Gasteiger partial charge in [0.25, 0.3) is 0 Å². The molecule has 0 aromatic carbocycles. The van der Waals surface area contributed by atoms with Crippen LogP contribution in [0.5, 0.6) is 0 Å². The van der Waals surface area contributed by atoms with Gasteiger partial charge in [-0.1, -0.05) is 34.1 Å². The van der Waals surface area contributed by atoms with Crippen LogP contribution in [0, 0.1) is 11.8 Å². The highest BCUT2D eigenvalue weighted by atomic mass is 32.1. The fourth-order valence-corrected chi connectivity index (χ4v) is 5.80. The SMILES string of the molecule is CC[C@H](C)[C@H](NC(=O)[C@H](C)NC(=O)CNC(=O)[C@H](CCCCN)NC(=O)[C@H](CC(N)=O)NC(=O)[C@H](CO)NC(=O)CNC(=O)[C@@H](NC(=O)[C@@H](N)CS)C(C)C)C(=O)N[C@@H](CS)C(=O)O. The Hall–Kier alpha value is -5.25. The topological polar surface area (TPSA) is 415 Å². The van der Waals surface area contributed by atoms with Crippen molar-refractivity contribution in [2.45, 2.75) is 115 Å². The lowest BCUT2D eigenvalue weighted by atomic mass is 9.97. The Balaban J connectivity index is 5.72. The van der Waals surface area contributed by atoms with Crippen LogP contribution < -0.4 is 65.1 Å². The zero-order chi connectivity index (χ0) is 49.3. The smallest absolute Gasteiger partial charge is 0.327 e. The maximum absolute atomic E-state index is 13.4. The van der Waals surface area contributed by atoms with Gasteiger partial charge in [0.05, 0.1) is 32.2 Å². The van der Waals surface area contributed by atoms with Crippen LogP contribution in [0.25, 0.3) is 0 Å². The van der Waals surface area contributed by atoms with Crippen LogP contribution in [0.1, 0.15) is 66.7 Å². The van der Waals surface area contributed by atoms with Crippen molar-refractivity contribution < 1.29 is 63.0 Å². The second-order valence-corrected chi connectivity index (χ2v) is 15.8. The molecule has 64 heavy (non-hydrogen) atoms. The summed E-state index contributed by atoms with van der Waals surface area (Å²) >= 11 is 7.87. The molecule has 364 valence electrons. The van der Waals surface area contributed by atoms with Crippen molar-refractivity contribution in [3.63, 3.8) is 0 Å². The lowest BCUT2D eigenvalue weighted by Gasteiger charge is -2.26. The second kappa shape index (κ2) is 30.8. The molecule has 0 saturated carbocycles. The summed E-state index contributed by atoms with van der Waals surface area (Å²) in [6, 6.07) is -10.6. The third kappa shape index (κ3) is 21.9. The van der Waals surface area contributed by atoms with Crippen LogP contribution in [-0.2, 0) is 52.7 Å². The van der Waals surface area contributed by atoms with E-state index in [1.54, 1.807) is 27.7 Å². The molecule has 9 atom stereocenters. The van der Waals surface area contributed by atoms with E-state index in [9.17, 15) is 63.0 Å². The van der Waals surface area contributed by atoms with E-state index in [0.717, 1.165) is 0 Å². The molecule has 10 amide bonds. The Labute approximate surface area is 382 Å². The lowest BCUT2D eigenvalue weighted by molar-refractivity contribution is -0.142. The van der Waals surface area contributed by atoms with Crippen LogP contribution in [0.4, 0.5) is 0 Å². The van der Waals surface area contributed by atoms with Crippen LogP contribution in [0.2, 0.25) is 0 Å². The zero-order valence-corrected chi connectivity index (χ0v) is 38.4. The molecular weight excluding hydrogens is 885 g/mol. The molecule has 0 aliphatic carbocycles. The molecule has 0 bridgehead atoms. The molecule has 0 fully saturated rings. The summed E-state index contributed by atoms with van der Waals surface area (Å²) in [4.78, 5) is 139. The summed E-state index contributed by atoms with van der Waals surface area (Å²) in [5.74, 6) is -11.4. The first-order valence-corrected chi connectivity index (χ1v) is 21.7. The Morgan fingerprint density at radius 1 is 0.594 bits per heavy atom. The number of amides is 10. The van der Waals surface area contributed by atoms with E-state index in [2.05, 4.69) is 73.1 Å². The van der Waals surface area contributed by atoms with Gasteiger partial charge in [-0.25, -0.2) is 4.79 Å². The van der Waals surface area contributed by atoms with Crippen molar-refractivity contribution in [3.05, 3.63) is 0 Å². The van der Waals surface area contributed by atoms with Crippen LogP contribution in [-0.4, -0.2) is 161 Å². The molecule has 27 heteroatoms. The first-order chi connectivity index (χ1) is 30.0. The normalized spacial score (nSPS) is 15.2. The number of nitrogens with one attached hydrogen (secondary N) is 9. The summed E-state index contributed by atoms with van der Waals surface area (Å²) in [5, 5.41) is 40.2. The third-order valence-corrected chi connectivity index (χ3v) is 10.2. The van der Waals surface area contributed by atoms with Crippen molar-refractivity contribution in [3.8, 4) is 0 Å². The molecule has 0 aliphatic rings. The van der Waals surface area contributed by atoms with Gasteiger partial charge in [0.2, 0.25) is 59.1 Å². The van der Waals surface area contributed by atoms with Gasteiger partial charge in [0.1, 0.15) is 42.3 Å². The molecule has 0 radical (unpaired) electrons. The Morgan fingerprint density at radius 3 is 1.62 bits per heavy atom. The molecular formula is C37H66N12O13S2. The summed E-state index contributed by atoms with van der Waals surface area (Å²) in [5.41, 5.74) is 16.5. The van der Waals surface area contributed by atoms with Gasteiger partial charge in [-0.3, -0.25) is 47.9 Å². The van der Waals surface area contributed by atoms with Gasteiger partial charge in [0.15, 0.2) is 0 Å². The van der Waals surface area contributed by atoms with Crippen molar-refractivity contribution in [1.29, 1.82) is 0 Å². The van der Waals surface area contributed by atoms with Gasteiger partial charge in [-0.2, -0.15) is 25.3 Å². The van der Waals surface area contributed by atoms with Gasteiger partial charge in [-0.15, -0.1) is 0 Å². The number of thiol groups is 2. The van der Waals surface area contributed by atoms with E-state index in [1.807, 2.05) is 0 Å². The van der Waals surface area contributed by atoms with E-state index in [1.165, 1.54) is 6.92 Å².